The van der Waals surface area contributed by atoms with E-state index < -0.39 is 0 Å². The van der Waals surface area contributed by atoms with Gasteiger partial charge in [-0.3, -0.25) is 4.79 Å². The van der Waals surface area contributed by atoms with E-state index in [-0.39, 0.29) is 5.78 Å². The second kappa shape index (κ2) is 6.55. The Bertz CT molecular complexity index is 821. The van der Waals surface area contributed by atoms with Crippen molar-refractivity contribution in [3.05, 3.63) is 57.8 Å². The summed E-state index contributed by atoms with van der Waals surface area (Å²) in [4.78, 5) is 16.6. The standard InChI is InChI=1S/C19H18N2OS/c1-12-6-7-13(2)15(8-12)11-23-19-14(10-20)9-16-17(21-19)4-3-5-18(16)22/h6-9H,3-5,11H2,1-2H3. The number of nitrogens with zero attached hydrogens (tertiary/aromatic N) is 2. The number of carbonyl (C=O) groups excluding carboxylic acids is 1. The molecule has 0 unspecified atom stereocenters. The van der Waals surface area contributed by atoms with Gasteiger partial charge in [-0.25, -0.2) is 4.98 Å². The second-order valence-corrected chi connectivity index (χ2v) is 6.91. The molecule has 0 atom stereocenters. The summed E-state index contributed by atoms with van der Waals surface area (Å²) < 4.78 is 0. The average Bonchev–Trinajstić information content (AvgIpc) is 2.55. The minimum absolute atomic E-state index is 0.112. The van der Waals surface area contributed by atoms with E-state index in [9.17, 15) is 10.1 Å². The first-order chi connectivity index (χ1) is 11.1. The molecule has 116 valence electrons. The quantitative estimate of drug-likeness (QED) is 0.787. The summed E-state index contributed by atoms with van der Waals surface area (Å²) in [7, 11) is 0. The van der Waals surface area contributed by atoms with E-state index >= 15 is 0 Å². The van der Waals surface area contributed by atoms with Crippen molar-refractivity contribution in [1.29, 1.82) is 5.26 Å². The molecular formula is C19H18N2OS. The highest BCUT2D eigenvalue weighted by molar-refractivity contribution is 7.98. The Hall–Kier alpha value is -2.12. The van der Waals surface area contributed by atoms with Gasteiger partial charge in [-0.15, -0.1) is 11.8 Å². The number of rotatable bonds is 3. The van der Waals surface area contributed by atoms with Crippen molar-refractivity contribution >= 4 is 17.5 Å². The lowest BCUT2D eigenvalue weighted by molar-refractivity contribution is 0.0971. The molecule has 0 radical (unpaired) electrons. The van der Waals surface area contributed by atoms with Crippen LogP contribution >= 0.6 is 11.8 Å². The van der Waals surface area contributed by atoms with Crippen LogP contribution in [0.15, 0.2) is 29.3 Å². The van der Waals surface area contributed by atoms with Crippen LogP contribution in [0.5, 0.6) is 0 Å². The molecule has 0 saturated carbocycles. The molecule has 0 N–H and O–H groups in total. The zero-order chi connectivity index (χ0) is 16.4. The van der Waals surface area contributed by atoms with Gasteiger partial charge in [-0.05, 0) is 43.9 Å². The van der Waals surface area contributed by atoms with E-state index in [1.165, 1.54) is 16.7 Å². The molecule has 3 nitrogen and oxygen atoms in total. The number of ketones is 1. The Morgan fingerprint density at radius 2 is 2.09 bits per heavy atom. The number of thioether (sulfide) groups is 1. The summed E-state index contributed by atoms with van der Waals surface area (Å²) >= 11 is 1.58. The van der Waals surface area contributed by atoms with Crippen molar-refractivity contribution in [3.8, 4) is 6.07 Å². The molecule has 1 aliphatic carbocycles. The fourth-order valence-electron chi connectivity index (χ4n) is 2.81. The van der Waals surface area contributed by atoms with Crippen molar-refractivity contribution in [2.75, 3.05) is 0 Å². The van der Waals surface area contributed by atoms with E-state index in [0.717, 1.165) is 29.3 Å². The van der Waals surface area contributed by atoms with E-state index in [1.54, 1.807) is 17.8 Å². The molecule has 1 aromatic carbocycles. The van der Waals surface area contributed by atoms with Gasteiger partial charge in [0.05, 0.1) is 11.3 Å². The van der Waals surface area contributed by atoms with Crippen LogP contribution in [0.3, 0.4) is 0 Å². The molecule has 0 spiro atoms. The molecular weight excluding hydrogens is 304 g/mol. The van der Waals surface area contributed by atoms with Gasteiger partial charge in [0.1, 0.15) is 11.1 Å². The van der Waals surface area contributed by atoms with Crippen LogP contribution in [0.25, 0.3) is 0 Å². The fourth-order valence-corrected chi connectivity index (χ4v) is 3.85. The number of aromatic nitrogens is 1. The molecule has 23 heavy (non-hydrogen) atoms. The molecule has 0 bridgehead atoms. The van der Waals surface area contributed by atoms with Crippen molar-refractivity contribution in [1.82, 2.24) is 4.98 Å². The largest absolute Gasteiger partial charge is 0.294 e. The van der Waals surface area contributed by atoms with Gasteiger partial charge in [-0.1, -0.05) is 23.8 Å². The first-order valence-corrected chi connectivity index (χ1v) is 8.73. The molecule has 2 aromatic rings. The van der Waals surface area contributed by atoms with Gasteiger partial charge in [0.15, 0.2) is 5.78 Å². The monoisotopic (exact) mass is 322 g/mol. The summed E-state index contributed by atoms with van der Waals surface area (Å²) in [5, 5.41) is 10.1. The average molecular weight is 322 g/mol. The van der Waals surface area contributed by atoms with Gasteiger partial charge in [0.2, 0.25) is 0 Å². The SMILES string of the molecule is Cc1ccc(C)c(CSc2nc3c(cc2C#N)C(=O)CCC3)c1. The van der Waals surface area contributed by atoms with Crippen LogP contribution in [-0.4, -0.2) is 10.8 Å². The number of hydrogen-bond acceptors (Lipinski definition) is 4. The highest BCUT2D eigenvalue weighted by Gasteiger charge is 2.21. The minimum atomic E-state index is 0.112. The summed E-state index contributed by atoms with van der Waals surface area (Å²) in [6.45, 7) is 4.18. The van der Waals surface area contributed by atoms with Gasteiger partial charge >= 0.3 is 0 Å². The van der Waals surface area contributed by atoms with Crippen LogP contribution in [0, 0.1) is 25.2 Å². The van der Waals surface area contributed by atoms with Crippen LogP contribution in [0.4, 0.5) is 0 Å². The van der Waals surface area contributed by atoms with E-state index in [1.807, 2.05) is 0 Å². The first-order valence-electron chi connectivity index (χ1n) is 7.74. The fraction of sp³-hybridized carbons (Fsp3) is 0.316. The highest BCUT2D eigenvalue weighted by atomic mass is 32.2. The Balaban J connectivity index is 1.89. The third kappa shape index (κ3) is 3.30. The van der Waals surface area contributed by atoms with Crippen molar-refractivity contribution < 1.29 is 4.79 Å². The normalized spacial score (nSPS) is 13.5. The first kappa shape index (κ1) is 15.8. The lowest BCUT2D eigenvalue weighted by atomic mass is 9.94. The second-order valence-electron chi connectivity index (χ2n) is 5.94. The minimum Gasteiger partial charge on any atom is -0.294 e. The molecule has 1 aliphatic rings. The lowest BCUT2D eigenvalue weighted by Gasteiger charge is -2.16. The number of Topliss-reactive ketones (excluding diaryl/α,β-unsaturated/α-hetero) is 1. The molecule has 4 heteroatoms. The maximum Gasteiger partial charge on any atom is 0.164 e. The molecule has 0 fully saturated rings. The molecule has 0 saturated heterocycles. The van der Waals surface area contributed by atoms with Crippen LogP contribution in [0.1, 0.15) is 51.1 Å². The number of aryl methyl sites for hydroxylation is 3. The Morgan fingerprint density at radius 3 is 2.87 bits per heavy atom. The van der Waals surface area contributed by atoms with E-state index in [0.29, 0.717) is 17.5 Å². The van der Waals surface area contributed by atoms with Gasteiger partial charge in [0, 0.05) is 17.7 Å². The number of nitriles is 1. The molecule has 1 aromatic heterocycles. The number of hydrogen-bond donors (Lipinski definition) is 0. The Morgan fingerprint density at radius 1 is 1.26 bits per heavy atom. The third-order valence-corrected chi connectivity index (χ3v) is 5.21. The molecule has 0 amide bonds. The summed E-state index contributed by atoms with van der Waals surface area (Å²) in [6, 6.07) is 10.3. The highest BCUT2D eigenvalue weighted by Crippen LogP contribution is 2.30. The summed E-state index contributed by atoms with van der Waals surface area (Å²) in [5.41, 5.74) is 5.74. The zero-order valence-corrected chi connectivity index (χ0v) is 14.2. The van der Waals surface area contributed by atoms with Gasteiger partial charge < -0.3 is 0 Å². The third-order valence-electron chi connectivity index (χ3n) is 4.17. The smallest absolute Gasteiger partial charge is 0.164 e. The Kier molecular flexibility index (Phi) is 4.49. The predicted molar refractivity (Wildman–Crippen MR) is 91.7 cm³/mol. The molecule has 0 aliphatic heterocycles. The van der Waals surface area contributed by atoms with Gasteiger partial charge in [-0.2, -0.15) is 5.26 Å². The maximum atomic E-state index is 12.0. The number of benzene rings is 1. The van der Waals surface area contributed by atoms with Gasteiger partial charge in [0.25, 0.3) is 0 Å². The molecule has 1 heterocycles. The van der Waals surface area contributed by atoms with Crippen molar-refractivity contribution in [3.63, 3.8) is 0 Å². The predicted octanol–water partition coefficient (Wildman–Crippen LogP) is 4.38. The zero-order valence-electron chi connectivity index (χ0n) is 13.3. The lowest BCUT2D eigenvalue weighted by Crippen LogP contribution is -2.13. The van der Waals surface area contributed by atoms with Crippen molar-refractivity contribution in [2.45, 2.75) is 43.9 Å². The number of pyridine rings is 1. The number of fused-ring (bicyclic) bond motifs is 1. The summed E-state index contributed by atoms with van der Waals surface area (Å²) in [6.07, 6.45) is 2.24. The topological polar surface area (TPSA) is 53.8 Å². The van der Waals surface area contributed by atoms with Crippen LogP contribution in [0.2, 0.25) is 0 Å². The maximum absolute atomic E-state index is 12.0. The van der Waals surface area contributed by atoms with E-state index in [4.69, 9.17) is 0 Å². The molecule has 3 rings (SSSR count). The van der Waals surface area contributed by atoms with Crippen LogP contribution < -0.4 is 0 Å². The van der Waals surface area contributed by atoms with E-state index in [2.05, 4.69) is 43.1 Å². The number of carbonyl (C=O) groups is 1. The van der Waals surface area contributed by atoms with Crippen LogP contribution in [-0.2, 0) is 12.2 Å². The van der Waals surface area contributed by atoms with Crippen molar-refractivity contribution in [2.24, 2.45) is 0 Å². The Labute approximate surface area is 140 Å². The summed E-state index contributed by atoms with van der Waals surface area (Å²) in [5.74, 6) is 0.892.